The number of rotatable bonds is 10. The molecule has 248 valence electrons. The maximum Gasteiger partial charge on any atom is 0.466 e. The molecule has 5 nitrogen and oxygen atoms in total. The van der Waals surface area contributed by atoms with Gasteiger partial charge in [-0.1, -0.05) is 194 Å². The van der Waals surface area contributed by atoms with Crippen molar-refractivity contribution in [3.63, 3.8) is 0 Å². The number of hydrogen-bond donors (Lipinski definition) is 3. The first-order valence-electron chi connectivity index (χ1n) is 16.0. The molecular formula is C44H37O5P. The van der Waals surface area contributed by atoms with Crippen LogP contribution in [0.1, 0.15) is 44.5 Å². The molecule has 0 saturated heterocycles. The molecule has 0 saturated carbocycles. The lowest BCUT2D eigenvalue weighted by Crippen LogP contribution is -1.94. The summed E-state index contributed by atoms with van der Waals surface area (Å²) in [5.41, 5.74) is 8.72. The van der Waals surface area contributed by atoms with E-state index >= 15 is 0 Å². The minimum Gasteiger partial charge on any atom is -0.456 e. The van der Waals surface area contributed by atoms with Gasteiger partial charge in [-0.05, 0) is 45.5 Å². The summed E-state index contributed by atoms with van der Waals surface area (Å²) in [6.45, 7) is 0. The van der Waals surface area contributed by atoms with Gasteiger partial charge < -0.3 is 19.4 Å². The molecule has 6 rings (SSSR count). The highest BCUT2D eigenvalue weighted by molar-refractivity contribution is 7.45. The lowest BCUT2D eigenvalue weighted by Gasteiger charge is -2.15. The van der Waals surface area contributed by atoms with E-state index in [-0.39, 0.29) is 0 Å². The van der Waals surface area contributed by atoms with Gasteiger partial charge in [0.2, 0.25) is 0 Å². The van der Waals surface area contributed by atoms with Crippen molar-refractivity contribution in [3.05, 3.63) is 202 Å². The van der Waals surface area contributed by atoms with Gasteiger partial charge in [-0.25, -0.2) is 4.57 Å². The van der Waals surface area contributed by atoms with Crippen LogP contribution in [0.4, 0.5) is 0 Å². The Balaban J connectivity index is 0.000000908. The van der Waals surface area contributed by atoms with Gasteiger partial charge in [0.15, 0.2) is 0 Å². The van der Waals surface area contributed by atoms with E-state index in [1.54, 1.807) is 0 Å². The highest BCUT2D eigenvalue weighted by Crippen LogP contribution is 2.35. The van der Waals surface area contributed by atoms with Crippen LogP contribution in [-0.4, -0.2) is 14.7 Å². The molecule has 0 fully saturated rings. The summed E-state index contributed by atoms with van der Waals surface area (Å²) in [6.07, 6.45) is 17.2. The number of phosphoric acid groups is 1. The highest BCUT2D eigenvalue weighted by atomic mass is 31.2. The quantitative estimate of drug-likeness (QED) is 0.0993. The van der Waals surface area contributed by atoms with Crippen molar-refractivity contribution in [1.82, 2.24) is 0 Å². The molecular weight excluding hydrogens is 639 g/mol. The Morgan fingerprint density at radius 1 is 0.360 bits per heavy atom. The number of ether oxygens (including phenoxy) is 1. The maximum atomic E-state index is 8.88. The van der Waals surface area contributed by atoms with E-state index in [1.807, 2.05) is 36.4 Å². The molecule has 0 bridgehead atoms. The van der Waals surface area contributed by atoms with E-state index < -0.39 is 7.82 Å². The summed E-state index contributed by atoms with van der Waals surface area (Å²) in [5, 5.41) is 0. The van der Waals surface area contributed by atoms with Crippen LogP contribution in [0.25, 0.3) is 48.6 Å². The Morgan fingerprint density at radius 3 is 0.940 bits per heavy atom. The van der Waals surface area contributed by atoms with Crippen LogP contribution in [0.2, 0.25) is 0 Å². The molecule has 0 radical (unpaired) electrons. The van der Waals surface area contributed by atoms with Gasteiger partial charge in [-0.15, -0.1) is 0 Å². The van der Waals surface area contributed by atoms with E-state index in [9.17, 15) is 0 Å². The van der Waals surface area contributed by atoms with Gasteiger partial charge in [0.25, 0.3) is 0 Å². The Hall–Kier alpha value is -5.81. The van der Waals surface area contributed by atoms with E-state index in [0.29, 0.717) is 0 Å². The molecule has 0 aliphatic rings. The molecule has 0 unspecified atom stereocenters. The van der Waals surface area contributed by atoms with Gasteiger partial charge in [0, 0.05) is 11.1 Å². The van der Waals surface area contributed by atoms with E-state index in [0.717, 1.165) is 56.0 Å². The van der Waals surface area contributed by atoms with E-state index in [4.69, 9.17) is 24.0 Å². The molecule has 0 aliphatic heterocycles. The largest absolute Gasteiger partial charge is 0.466 e. The summed E-state index contributed by atoms with van der Waals surface area (Å²) < 4.78 is 15.7. The van der Waals surface area contributed by atoms with E-state index in [2.05, 4.69) is 170 Å². The lowest BCUT2D eigenvalue weighted by molar-refractivity contribution is 0.275. The highest BCUT2D eigenvalue weighted by Gasteiger charge is 2.11. The normalized spacial score (nSPS) is 11.7. The smallest absolute Gasteiger partial charge is 0.456 e. The van der Waals surface area contributed by atoms with Crippen molar-refractivity contribution in [2.45, 2.75) is 0 Å². The van der Waals surface area contributed by atoms with Crippen LogP contribution < -0.4 is 4.74 Å². The summed E-state index contributed by atoms with van der Waals surface area (Å²) in [5.74, 6) is 1.58. The average Bonchev–Trinajstić information content (AvgIpc) is 3.13. The molecule has 3 N–H and O–H groups in total. The molecule has 0 atom stereocenters. The van der Waals surface area contributed by atoms with Gasteiger partial charge in [-0.3, -0.25) is 0 Å². The lowest BCUT2D eigenvalue weighted by atomic mass is 10.0. The number of benzene rings is 6. The topological polar surface area (TPSA) is 87.0 Å². The fraction of sp³-hybridized carbons (Fsp3) is 0. The van der Waals surface area contributed by atoms with Crippen LogP contribution in [0.15, 0.2) is 158 Å². The standard InChI is InChI=1S/C44H34O.H3O4P/c1-5-15-35(16-6-1)27-31-39-23-13-25-43(41(39)33-29-37-19-9-3-10-20-37)45-44-26-14-24-40(32-28-36-17-7-2-8-18-36)42(44)34-30-38-21-11-4-12-22-38;1-5(2,3)4/h1-34H;(H3,1,2,3,4). The Labute approximate surface area is 293 Å². The Kier molecular flexibility index (Phi) is 12.8. The zero-order valence-corrected chi connectivity index (χ0v) is 28.1. The third kappa shape index (κ3) is 11.7. The molecule has 6 aromatic carbocycles. The monoisotopic (exact) mass is 676 g/mol. The van der Waals surface area contributed by atoms with Crippen molar-refractivity contribution in [2.24, 2.45) is 0 Å². The first-order valence-corrected chi connectivity index (χ1v) is 17.5. The first-order chi connectivity index (χ1) is 24.3. The summed E-state index contributed by atoms with van der Waals surface area (Å²) in [4.78, 5) is 21.6. The zero-order chi connectivity index (χ0) is 35.0. The fourth-order valence-electron chi connectivity index (χ4n) is 5.05. The Bertz CT molecular complexity index is 1960. The molecule has 6 aromatic rings. The van der Waals surface area contributed by atoms with Gasteiger partial charge in [0.05, 0.1) is 0 Å². The SMILES string of the molecule is C(=Cc1cccc(Oc2cccc(C=Cc3ccccc3)c2C=Cc2ccccc2)c1C=Cc1ccccc1)c1ccccc1.O=P(O)(O)O. The maximum absolute atomic E-state index is 8.88. The Morgan fingerprint density at radius 2 is 0.640 bits per heavy atom. The van der Waals surface area contributed by atoms with Gasteiger partial charge in [-0.2, -0.15) is 0 Å². The minimum absolute atomic E-state index is 0.788. The predicted octanol–water partition coefficient (Wildman–Crippen LogP) is 11.2. The number of hydrogen-bond acceptors (Lipinski definition) is 2. The van der Waals surface area contributed by atoms with Crippen molar-refractivity contribution in [1.29, 1.82) is 0 Å². The van der Waals surface area contributed by atoms with Crippen LogP contribution in [0.5, 0.6) is 11.5 Å². The van der Waals surface area contributed by atoms with Crippen LogP contribution in [0, 0.1) is 0 Å². The molecule has 6 heteroatoms. The molecule has 0 aromatic heterocycles. The second kappa shape index (κ2) is 18.1. The molecule has 50 heavy (non-hydrogen) atoms. The molecule has 0 amide bonds. The van der Waals surface area contributed by atoms with Crippen molar-refractivity contribution >= 4 is 56.4 Å². The van der Waals surface area contributed by atoms with Gasteiger partial charge >= 0.3 is 7.82 Å². The summed E-state index contributed by atoms with van der Waals surface area (Å²) in [7, 11) is -4.64. The van der Waals surface area contributed by atoms with Crippen molar-refractivity contribution < 1.29 is 24.0 Å². The average molecular weight is 677 g/mol. The van der Waals surface area contributed by atoms with Crippen molar-refractivity contribution in [2.75, 3.05) is 0 Å². The van der Waals surface area contributed by atoms with Gasteiger partial charge in [0.1, 0.15) is 11.5 Å². The minimum atomic E-state index is -4.64. The van der Waals surface area contributed by atoms with Crippen LogP contribution >= 0.6 is 7.82 Å². The van der Waals surface area contributed by atoms with E-state index in [1.165, 1.54) is 0 Å². The summed E-state index contributed by atoms with van der Waals surface area (Å²) in [6, 6.07) is 53.9. The van der Waals surface area contributed by atoms with Crippen molar-refractivity contribution in [3.8, 4) is 11.5 Å². The van der Waals surface area contributed by atoms with Crippen LogP contribution in [-0.2, 0) is 4.57 Å². The fourth-order valence-corrected chi connectivity index (χ4v) is 5.05. The third-order valence-corrected chi connectivity index (χ3v) is 7.41. The second-order valence-corrected chi connectivity index (χ2v) is 12.1. The second-order valence-electron chi connectivity index (χ2n) is 11.1. The zero-order valence-electron chi connectivity index (χ0n) is 27.2. The third-order valence-electron chi connectivity index (χ3n) is 7.41. The van der Waals surface area contributed by atoms with Crippen LogP contribution in [0.3, 0.4) is 0 Å². The molecule has 0 aliphatic carbocycles. The predicted molar refractivity (Wildman–Crippen MR) is 209 cm³/mol. The molecule has 0 heterocycles. The molecule has 0 spiro atoms. The summed E-state index contributed by atoms with van der Waals surface area (Å²) >= 11 is 0. The first kappa shape index (κ1) is 35.5.